The van der Waals surface area contributed by atoms with Gasteiger partial charge in [0.05, 0.1) is 33.1 Å². The Kier molecular flexibility index (Phi) is 6.52. The second-order valence-corrected chi connectivity index (χ2v) is 8.72. The Labute approximate surface area is 176 Å². The average molecular weight is 439 g/mol. The topological polar surface area (TPSA) is 103 Å². The van der Waals surface area contributed by atoms with Gasteiger partial charge in [-0.1, -0.05) is 0 Å². The van der Waals surface area contributed by atoms with E-state index in [4.69, 9.17) is 14.2 Å². The third-order valence-electron chi connectivity index (χ3n) is 5.00. The highest BCUT2D eigenvalue weighted by molar-refractivity contribution is 7.89. The number of hydrogen-bond acceptors (Lipinski definition) is 7. The Hall–Kier alpha value is -2.79. The number of aromatic nitrogens is 2. The molecule has 0 saturated carbocycles. The minimum absolute atomic E-state index is 0.145. The monoisotopic (exact) mass is 438 g/mol. The van der Waals surface area contributed by atoms with Crippen LogP contribution in [0.15, 0.2) is 29.4 Å². The molecule has 0 spiro atoms. The maximum atomic E-state index is 13.2. The van der Waals surface area contributed by atoms with Crippen LogP contribution < -0.4 is 14.2 Å². The molecule has 1 saturated heterocycles. The number of sulfonamides is 1. The number of amides is 1. The van der Waals surface area contributed by atoms with Gasteiger partial charge in [-0.05, 0) is 18.6 Å². The summed E-state index contributed by atoms with van der Waals surface area (Å²) in [6.07, 6.45) is 3.32. The average Bonchev–Trinajstić information content (AvgIpc) is 3.04. The summed E-state index contributed by atoms with van der Waals surface area (Å²) in [4.78, 5) is 15.0. The van der Waals surface area contributed by atoms with Gasteiger partial charge in [-0.2, -0.15) is 9.40 Å². The van der Waals surface area contributed by atoms with Gasteiger partial charge >= 0.3 is 0 Å². The highest BCUT2D eigenvalue weighted by Gasteiger charge is 2.31. The van der Waals surface area contributed by atoms with Crippen LogP contribution in [0.3, 0.4) is 0 Å². The lowest BCUT2D eigenvalue weighted by molar-refractivity contribution is 0.0760. The summed E-state index contributed by atoms with van der Waals surface area (Å²) in [7, 11) is 2.44. The van der Waals surface area contributed by atoms with Crippen LogP contribution in [-0.2, 0) is 17.1 Å². The van der Waals surface area contributed by atoms with Gasteiger partial charge in [-0.25, -0.2) is 8.42 Å². The fourth-order valence-electron chi connectivity index (χ4n) is 3.46. The van der Waals surface area contributed by atoms with E-state index in [9.17, 15) is 13.2 Å². The van der Waals surface area contributed by atoms with E-state index in [1.165, 1.54) is 42.7 Å². The van der Waals surface area contributed by atoms with Crippen molar-refractivity contribution in [1.29, 1.82) is 0 Å². The maximum Gasteiger partial charge on any atom is 0.257 e. The van der Waals surface area contributed by atoms with Crippen molar-refractivity contribution in [1.82, 2.24) is 19.0 Å². The van der Waals surface area contributed by atoms with Crippen molar-refractivity contribution in [3.63, 3.8) is 0 Å². The molecule has 164 valence electrons. The normalized spacial score (nSPS) is 15.5. The third kappa shape index (κ3) is 4.08. The van der Waals surface area contributed by atoms with Crippen LogP contribution in [0.1, 0.15) is 16.8 Å². The quantitative estimate of drug-likeness (QED) is 0.662. The molecule has 1 aromatic carbocycles. The van der Waals surface area contributed by atoms with E-state index in [1.807, 2.05) is 0 Å². The Morgan fingerprint density at radius 2 is 1.73 bits per heavy atom. The van der Waals surface area contributed by atoms with Crippen molar-refractivity contribution < 1.29 is 27.4 Å². The lowest BCUT2D eigenvalue weighted by Crippen LogP contribution is -2.37. The third-order valence-corrected chi connectivity index (χ3v) is 6.85. The molecule has 30 heavy (non-hydrogen) atoms. The molecule has 1 fully saturated rings. The van der Waals surface area contributed by atoms with Crippen molar-refractivity contribution in [2.45, 2.75) is 11.3 Å². The molecule has 1 aliphatic rings. The predicted molar refractivity (Wildman–Crippen MR) is 109 cm³/mol. The van der Waals surface area contributed by atoms with Crippen LogP contribution >= 0.6 is 0 Å². The second kappa shape index (κ2) is 8.92. The van der Waals surface area contributed by atoms with Crippen molar-refractivity contribution in [2.75, 3.05) is 47.5 Å². The summed E-state index contributed by atoms with van der Waals surface area (Å²) in [5.74, 6) is 0.816. The number of ether oxygens (including phenoxy) is 3. The highest BCUT2D eigenvalue weighted by atomic mass is 32.2. The molecular weight excluding hydrogens is 412 g/mol. The first-order valence-electron chi connectivity index (χ1n) is 9.40. The fraction of sp³-hybridized carbons (Fsp3) is 0.474. The molecule has 1 amide bonds. The molecule has 0 unspecified atom stereocenters. The summed E-state index contributed by atoms with van der Waals surface area (Å²) in [5.41, 5.74) is 0.332. The zero-order chi connectivity index (χ0) is 21.9. The van der Waals surface area contributed by atoms with Gasteiger partial charge in [-0.3, -0.25) is 9.48 Å². The minimum Gasteiger partial charge on any atom is -0.493 e. The number of benzene rings is 1. The number of nitrogens with zero attached hydrogens (tertiary/aromatic N) is 4. The van der Waals surface area contributed by atoms with Crippen molar-refractivity contribution >= 4 is 15.9 Å². The molecule has 3 rings (SSSR count). The molecule has 1 aliphatic heterocycles. The predicted octanol–water partition coefficient (Wildman–Crippen LogP) is 0.983. The fourth-order valence-corrected chi connectivity index (χ4v) is 4.91. The van der Waals surface area contributed by atoms with Gasteiger partial charge in [0.1, 0.15) is 4.90 Å². The first kappa shape index (κ1) is 21.9. The van der Waals surface area contributed by atoms with E-state index in [2.05, 4.69) is 5.10 Å². The zero-order valence-corrected chi connectivity index (χ0v) is 18.3. The molecule has 10 nitrogen and oxygen atoms in total. The van der Waals surface area contributed by atoms with E-state index < -0.39 is 10.0 Å². The van der Waals surface area contributed by atoms with Crippen molar-refractivity contribution in [2.24, 2.45) is 7.05 Å². The van der Waals surface area contributed by atoms with Gasteiger partial charge in [0.25, 0.3) is 5.91 Å². The molecule has 2 aromatic rings. The van der Waals surface area contributed by atoms with Crippen LogP contribution in [0, 0.1) is 0 Å². The van der Waals surface area contributed by atoms with Crippen LogP contribution in [0.4, 0.5) is 0 Å². The Balaban J connectivity index is 1.81. The van der Waals surface area contributed by atoms with E-state index in [1.54, 1.807) is 24.1 Å². The molecule has 0 N–H and O–H groups in total. The Morgan fingerprint density at radius 3 is 2.33 bits per heavy atom. The lowest BCUT2D eigenvalue weighted by Gasteiger charge is -2.23. The SMILES string of the molecule is COc1ccc(C(=O)N2CCCN(S(=O)(=O)c3cnn(C)c3)CC2)c(OC)c1OC. The molecule has 2 heterocycles. The molecule has 0 atom stereocenters. The highest BCUT2D eigenvalue weighted by Crippen LogP contribution is 2.40. The summed E-state index contributed by atoms with van der Waals surface area (Å²) in [6, 6.07) is 3.27. The number of methoxy groups -OCH3 is 3. The van der Waals surface area contributed by atoms with Crippen LogP contribution in [-0.4, -0.2) is 80.8 Å². The smallest absolute Gasteiger partial charge is 0.257 e. The molecule has 0 bridgehead atoms. The molecule has 1 aromatic heterocycles. The summed E-state index contributed by atoms with van der Waals surface area (Å²) >= 11 is 0. The van der Waals surface area contributed by atoms with Gasteiger partial charge < -0.3 is 19.1 Å². The molecule has 0 aliphatic carbocycles. The molecule has 0 radical (unpaired) electrons. The number of aryl methyl sites for hydroxylation is 1. The minimum atomic E-state index is -3.66. The molecule has 11 heteroatoms. The van der Waals surface area contributed by atoms with Crippen LogP contribution in [0.25, 0.3) is 0 Å². The lowest BCUT2D eigenvalue weighted by atomic mass is 10.1. The molecular formula is C19H26N4O6S. The van der Waals surface area contributed by atoms with Gasteiger partial charge in [-0.15, -0.1) is 0 Å². The van der Waals surface area contributed by atoms with Gasteiger partial charge in [0.2, 0.25) is 15.8 Å². The summed E-state index contributed by atoms with van der Waals surface area (Å²) < 4.78 is 44.6. The van der Waals surface area contributed by atoms with Crippen LogP contribution in [0.2, 0.25) is 0 Å². The standard InChI is InChI=1S/C19H26N4O6S/c1-21-13-14(12-20-21)30(25,26)23-9-5-8-22(10-11-23)19(24)15-6-7-16(27-2)18(29-4)17(15)28-3/h6-7,12-13H,5,8-11H2,1-4H3. The summed E-state index contributed by atoms with van der Waals surface area (Å²) in [6.45, 7) is 1.20. The number of hydrogen-bond donors (Lipinski definition) is 0. The number of carbonyl (C=O) groups excluding carboxylic acids is 1. The maximum absolute atomic E-state index is 13.2. The Bertz CT molecular complexity index is 1020. The van der Waals surface area contributed by atoms with E-state index in [-0.39, 0.29) is 29.6 Å². The van der Waals surface area contributed by atoms with Gasteiger partial charge in [0, 0.05) is 39.4 Å². The van der Waals surface area contributed by atoms with E-state index in [0.717, 1.165) is 0 Å². The van der Waals surface area contributed by atoms with Crippen molar-refractivity contribution in [3.05, 3.63) is 30.1 Å². The Morgan fingerprint density at radius 1 is 1.00 bits per heavy atom. The van der Waals surface area contributed by atoms with Gasteiger partial charge in [0.15, 0.2) is 11.5 Å². The zero-order valence-electron chi connectivity index (χ0n) is 17.5. The summed E-state index contributed by atoms with van der Waals surface area (Å²) in [5, 5.41) is 3.94. The first-order valence-corrected chi connectivity index (χ1v) is 10.8. The first-order chi connectivity index (χ1) is 14.3. The number of rotatable bonds is 6. The van der Waals surface area contributed by atoms with Crippen molar-refractivity contribution in [3.8, 4) is 17.2 Å². The largest absolute Gasteiger partial charge is 0.493 e. The number of carbonyl (C=O) groups is 1. The second-order valence-electron chi connectivity index (χ2n) is 6.78. The van der Waals surface area contributed by atoms with E-state index in [0.29, 0.717) is 36.6 Å². The van der Waals surface area contributed by atoms with E-state index >= 15 is 0 Å². The van der Waals surface area contributed by atoms with Crippen LogP contribution in [0.5, 0.6) is 17.2 Å².